The first-order valence-corrected chi connectivity index (χ1v) is 10.8. The lowest BCUT2D eigenvalue weighted by atomic mass is 10.0. The summed E-state index contributed by atoms with van der Waals surface area (Å²) in [6.45, 7) is 4.05. The molecule has 0 atom stereocenters. The zero-order chi connectivity index (χ0) is 20.5. The van der Waals surface area contributed by atoms with Crippen LogP contribution >= 0.6 is 0 Å². The standard InChI is InChI=1S/C20H24FNO5S/c1-13(2)28(25,26)22-7-5-17(6-8-22)27-19-10-14(11-20(23)24)9-15-3-4-16(21)12-18(15)19/h3-4,9-10,12-13,17H,5-8,11H2,1-2H3,(H,23,24). The van der Waals surface area contributed by atoms with Crippen molar-refractivity contribution < 1.29 is 27.4 Å². The summed E-state index contributed by atoms with van der Waals surface area (Å²) in [5, 5.41) is 9.89. The number of carboxylic acid groups (broad SMARTS) is 1. The van der Waals surface area contributed by atoms with E-state index in [2.05, 4.69) is 0 Å². The van der Waals surface area contributed by atoms with Crippen LogP contribution in [0, 0.1) is 5.82 Å². The number of sulfonamides is 1. The highest BCUT2D eigenvalue weighted by Crippen LogP contribution is 2.31. The number of fused-ring (bicyclic) bond motifs is 1. The number of piperidine rings is 1. The molecule has 0 bridgehead atoms. The van der Waals surface area contributed by atoms with Gasteiger partial charge in [-0.25, -0.2) is 17.1 Å². The monoisotopic (exact) mass is 409 g/mol. The quantitative estimate of drug-likeness (QED) is 0.792. The van der Waals surface area contributed by atoms with Crippen LogP contribution in [-0.4, -0.2) is 48.2 Å². The van der Waals surface area contributed by atoms with Gasteiger partial charge in [0.05, 0.1) is 11.7 Å². The van der Waals surface area contributed by atoms with Crippen LogP contribution in [0.1, 0.15) is 32.3 Å². The van der Waals surface area contributed by atoms with E-state index in [1.165, 1.54) is 16.4 Å². The minimum Gasteiger partial charge on any atom is -0.490 e. The van der Waals surface area contributed by atoms with Crippen molar-refractivity contribution in [3.05, 3.63) is 41.7 Å². The van der Waals surface area contributed by atoms with E-state index < -0.39 is 27.1 Å². The van der Waals surface area contributed by atoms with Gasteiger partial charge in [-0.1, -0.05) is 12.1 Å². The normalized spacial score (nSPS) is 16.6. The Balaban J connectivity index is 1.82. The van der Waals surface area contributed by atoms with Gasteiger partial charge >= 0.3 is 5.97 Å². The Labute approximate surface area is 164 Å². The third-order valence-electron chi connectivity index (χ3n) is 4.94. The van der Waals surface area contributed by atoms with Crippen molar-refractivity contribution in [3.63, 3.8) is 0 Å². The molecule has 1 fully saturated rings. The molecule has 6 nitrogen and oxygen atoms in total. The van der Waals surface area contributed by atoms with Crippen molar-refractivity contribution in [1.29, 1.82) is 0 Å². The van der Waals surface area contributed by atoms with Crippen LogP contribution in [0.3, 0.4) is 0 Å². The van der Waals surface area contributed by atoms with Gasteiger partial charge < -0.3 is 9.84 Å². The zero-order valence-electron chi connectivity index (χ0n) is 15.9. The average Bonchev–Trinajstić information content (AvgIpc) is 2.62. The highest BCUT2D eigenvalue weighted by molar-refractivity contribution is 7.89. The molecular formula is C20H24FNO5S. The molecule has 0 amide bonds. The second-order valence-electron chi connectivity index (χ2n) is 7.34. The zero-order valence-corrected chi connectivity index (χ0v) is 16.7. The maximum absolute atomic E-state index is 13.7. The summed E-state index contributed by atoms with van der Waals surface area (Å²) in [7, 11) is -3.29. The minimum absolute atomic E-state index is 0.158. The van der Waals surface area contributed by atoms with Crippen molar-refractivity contribution >= 4 is 26.8 Å². The number of carboxylic acids is 1. The van der Waals surface area contributed by atoms with Gasteiger partial charge in [-0.15, -0.1) is 0 Å². The van der Waals surface area contributed by atoms with Gasteiger partial charge in [0.25, 0.3) is 0 Å². The minimum atomic E-state index is -3.29. The first-order chi connectivity index (χ1) is 13.2. The first kappa shape index (κ1) is 20.5. The number of nitrogens with zero attached hydrogens (tertiary/aromatic N) is 1. The van der Waals surface area contributed by atoms with Crippen molar-refractivity contribution in [2.75, 3.05) is 13.1 Å². The summed E-state index contributed by atoms with van der Waals surface area (Å²) in [6, 6.07) is 7.64. The Morgan fingerprint density at radius 1 is 1.25 bits per heavy atom. The van der Waals surface area contributed by atoms with E-state index >= 15 is 0 Å². The van der Waals surface area contributed by atoms with E-state index in [0.717, 1.165) is 0 Å². The molecule has 28 heavy (non-hydrogen) atoms. The summed E-state index contributed by atoms with van der Waals surface area (Å²) < 4.78 is 45.9. The molecule has 2 aromatic rings. The molecule has 2 aromatic carbocycles. The maximum atomic E-state index is 13.7. The highest BCUT2D eigenvalue weighted by Gasteiger charge is 2.31. The number of ether oxygens (including phenoxy) is 1. The van der Waals surface area contributed by atoms with Crippen LogP contribution in [0.4, 0.5) is 4.39 Å². The second kappa shape index (κ2) is 8.05. The van der Waals surface area contributed by atoms with E-state index in [0.29, 0.717) is 48.0 Å². The molecule has 1 N–H and O–H groups in total. The molecule has 0 aromatic heterocycles. The molecule has 0 saturated carbocycles. The van der Waals surface area contributed by atoms with Gasteiger partial charge in [0.1, 0.15) is 17.7 Å². The maximum Gasteiger partial charge on any atom is 0.307 e. The van der Waals surface area contributed by atoms with E-state index in [-0.39, 0.29) is 12.5 Å². The predicted molar refractivity (Wildman–Crippen MR) is 105 cm³/mol. The first-order valence-electron chi connectivity index (χ1n) is 9.26. The molecule has 0 radical (unpaired) electrons. The number of hydrogen-bond donors (Lipinski definition) is 1. The number of aliphatic carboxylic acids is 1. The van der Waals surface area contributed by atoms with Gasteiger partial charge in [0.2, 0.25) is 10.0 Å². The number of carbonyl (C=O) groups is 1. The second-order valence-corrected chi connectivity index (χ2v) is 9.83. The van der Waals surface area contributed by atoms with Crippen LogP contribution in [0.15, 0.2) is 30.3 Å². The van der Waals surface area contributed by atoms with Crippen LogP contribution in [0.25, 0.3) is 10.8 Å². The molecule has 152 valence electrons. The summed E-state index contributed by atoms with van der Waals surface area (Å²) in [4.78, 5) is 11.1. The molecule has 8 heteroatoms. The number of rotatable bonds is 6. The fourth-order valence-electron chi connectivity index (χ4n) is 3.41. The molecule has 0 aliphatic carbocycles. The van der Waals surface area contributed by atoms with Crippen molar-refractivity contribution in [1.82, 2.24) is 4.31 Å². The largest absolute Gasteiger partial charge is 0.490 e. The molecule has 0 spiro atoms. The molecule has 3 rings (SSSR count). The van der Waals surface area contributed by atoms with E-state index in [9.17, 15) is 17.6 Å². The molecular weight excluding hydrogens is 385 g/mol. The van der Waals surface area contributed by atoms with Crippen molar-refractivity contribution in [2.45, 2.75) is 44.5 Å². The molecule has 1 aliphatic heterocycles. The van der Waals surface area contributed by atoms with Gasteiger partial charge in [-0.05, 0) is 55.8 Å². The van der Waals surface area contributed by atoms with Crippen molar-refractivity contribution in [3.8, 4) is 5.75 Å². The average molecular weight is 409 g/mol. The molecule has 0 unspecified atom stereocenters. The fraction of sp³-hybridized carbons (Fsp3) is 0.450. The van der Waals surface area contributed by atoms with Crippen LogP contribution in [0.2, 0.25) is 0 Å². The molecule has 1 saturated heterocycles. The lowest BCUT2D eigenvalue weighted by Crippen LogP contribution is -2.44. The van der Waals surface area contributed by atoms with E-state index in [1.54, 1.807) is 32.0 Å². The summed E-state index contributed by atoms with van der Waals surface area (Å²) in [6.07, 6.45) is 0.664. The van der Waals surface area contributed by atoms with Gasteiger partial charge in [-0.3, -0.25) is 4.79 Å². The Bertz CT molecular complexity index is 981. The van der Waals surface area contributed by atoms with Gasteiger partial charge in [0.15, 0.2) is 0 Å². The third-order valence-corrected chi connectivity index (χ3v) is 7.22. The Morgan fingerprint density at radius 2 is 1.93 bits per heavy atom. The summed E-state index contributed by atoms with van der Waals surface area (Å²) >= 11 is 0. The van der Waals surface area contributed by atoms with Crippen LogP contribution in [-0.2, 0) is 21.2 Å². The van der Waals surface area contributed by atoms with E-state index in [4.69, 9.17) is 9.84 Å². The van der Waals surface area contributed by atoms with E-state index in [1.807, 2.05) is 0 Å². The predicted octanol–water partition coefficient (Wildman–Crippen LogP) is 3.19. The Morgan fingerprint density at radius 3 is 2.54 bits per heavy atom. The van der Waals surface area contributed by atoms with Gasteiger partial charge in [0, 0.05) is 18.5 Å². The van der Waals surface area contributed by atoms with Crippen LogP contribution < -0.4 is 4.74 Å². The lowest BCUT2D eigenvalue weighted by molar-refractivity contribution is -0.136. The fourth-order valence-corrected chi connectivity index (χ4v) is 4.73. The van der Waals surface area contributed by atoms with Crippen molar-refractivity contribution in [2.24, 2.45) is 0 Å². The Kier molecular flexibility index (Phi) is 5.90. The topological polar surface area (TPSA) is 83.9 Å². The number of hydrogen-bond acceptors (Lipinski definition) is 4. The number of halogens is 1. The smallest absolute Gasteiger partial charge is 0.307 e. The summed E-state index contributed by atoms with van der Waals surface area (Å²) in [5.74, 6) is -0.931. The summed E-state index contributed by atoms with van der Waals surface area (Å²) in [5.41, 5.74) is 0.571. The lowest BCUT2D eigenvalue weighted by Gasteiger charge is -2.32. The molecule has 1 heterocycles. The SMILES string of the molecule is CC(C)S(=O)(=O)N1CCC(Oc2cc(CC(=O)O)cc3ccc(F)cc23)CC1. The molecule has 1 aliphatic rings. The third kappa shape index (κ3) is 4.44. The number of benzene rings is 2. The Hall–Kier alpha value is -2.19. The van der Waals surface area contributed by atoms with Crippen LogP contribution in [0.5, 0.6) is 5.75 Å². The highest BCUT2D eigenvalue weighted by atomic mass is 32.2. The van der Waals surface area contributed by atoms with Gasteiger partial charge in [-0.2, -0.15) is 0 Å².